The summed E-state index contributed by atoms with van der Waals surface area (Å²) in [6.07, 6.45) is 3.25. The Bertz CT molecular complexity index is 1530. The van der Waals surface area contributed by atoms with E-state index in [9.17, 15) is 8.42 Å². The van der Waals surface area contributed by atoms with Crippen molar-refractivity contribution >= 4 is 49.7 Å². The highest BCUT2D eigenvalue weighted by atomic mass is 35.5. The van der Waals surface area contributed by atoms with Crippen LogP contribution in [0.4, 0.5) is 17.2 Å². The molecule has 0 aliphatic rings. The molecule has 33 heavy (non-hydrogen) atoms. The zero-order chi connectivity index (χ0) is 22.8. The number of nitrogens with one attached hydrogen (secondary N) is 2. The van der Waals surface area contributed by atoms with Crippen LogP contribution >= 0.6 is 11.6 Å². The van der Waals surface area contributed by atoms with E-state index in [2.05, 4.69) is 20.1 Å². The van der Waals surface area contributed by atoms with Gasteiger partial charge in [-0.25, -0.2) is 13.1 Å². The predicted molar refractivity (Wildman–Crippen MR) is 131 cm³/mol. The molecule has 3 aromatic carbocycles. The molecule has 0 saturated carbocycles. The molecule has 9 heteroatoms. The average molecular weight is 476 g/mol. The number of fused-ring (bicyclic) bond motifs is 1. The molecule has 2 heterocycles. The first-order chi connectivity index (χ1) is 16.0. The van der Waals surface area contributed by atoms with Crippen molar-refractivity contribution < 1.29 is 8.42 Å². The maximum atomic E-state index is 13.0. The molecular weight excluding hydrogens is 458 g/mol. The summed E-state index contributed by atoms with van der Waals surface area (Å²) >= 11 is 6.14. The quantitative estimate of drug-likeness (QED) is 0.333. The number of halogens is 1. The largest absolute Gasteiger partial charge is 0.355 e. The van der Waals surface area contributed by atoms with Crippen LogP contribution in [0, 0.1) is 0 Å². The van der Waals surface area contributed by atoms with E-state index in [1.54, 1.807) is 48.8 Å². The van der Waals surface area contributed by atoms with Crippen LogP contribution in [0.25, 0.3) is 16.6 Å². The summed E-state index contributed by atoms with van der Waals surface area (Å²) in [6.45, 7) is 0. The van der Waals surface area contributed by atoms with Crippen molar-refractivity contribution in [2.75, 3.05) is 10.0 Å². The third-order valence-electron chi connectivity index (χ3n) is 5.03. The summed E-state index contributed by atoms with van der Waals surface area (Å²) in [7, 11) is -3.81. The van der Waals surface area contributed by atoms with E-state index in [1.165, 1.54) is 4.68 Å². The number of para-hydroxylation sites is 1. The molecule has 2 N–H and O–H groups in total. The van der Waals surface area contributed by atoms with Crippen molar-refractivity contribution in [1.82, 2.24) is 14.8 Å². The van der Waals surface area contributed by atoms with Crippen LogP contribution in [0.2, 0.25) is 5.02 Å². The fourth-order valence-corrected chi connectivity index (χ4v) is 4.67. The molecule has 2 aromatic heterocycles. The fraction of sp³-hybridized carbons (Fsp3) is 0. The van der Waals surface area contributed by atoms with Gasteiger partial charge in [-0.3, -0.25) is 9.71 Å². The monoisotopic (exact) mass is 475 g/mol. The summed E-state index contributed by atoms with van der Waals surface area (Å²) in [6, 6.07) is 24.7. The van der Waals surface area contributed by atoms with Crippen molar-refractivity contribution in [2.45, 2.75) is 4.90 Å². The zero-order valence-electron chi connectivity index (χ0n) is 17.2. The molecule has 5 aromatic rings. The molecule has 0 radical (unpaired) electrons. The van der Waals surface area contributed by atoms with Crippen LogP contribution in [0.3, 0.4) is 0 Å². The van der Waals surface area contributed by atoms with Gasteiger partial charge in [0, 0.05) is 34.0 Å². The summed E-state index contributed by atoms with van der Waals surface area (Å²) in [5.74, 6) is 0.350. The Kier molecular flexibility index (Phi) is 5.45. The molecule has 0 aliphatic heterocycles. The number of anilines is 3. The van der Waals surface area contributed by atoms with Crippen LogP contribution < -0.4 is 10.0 Å². The van der Waals surface area contributed by atoms with E-state index >= 15 is 0 Å². The zero-order valence-corrected chi connectivity index (χ0v) is 18.8. The van der Waals surface area contributed by atoms with Crippen molar-refractivity contribution in [3.63, 3.8) is 0 Å². The van der Waals surface area contributed by atoms with Gasteiger partial charge >= 0.3 is 0 Å². The Balaban J connectivity index is 1.38. The van der Waals surface area contributed by atoms with Crippen molar-refractivity contribution in [3.8, 4) is 5.69 Å². The van der Waals surface area contributed by atoms with Crippen LogP contribution in [-0.2, 0) is 10.0 Å². The number of pyridine rings is 1. The minimum absolute atomic E-state index is 0.136. The highest BCUT2D eigenvalue weighted by Crippen LogP contribution is 2.28. The summed E-state index contributed by atoms with van der Waals surface area (Å²) in [4.78, 5) is 4.48. The molecule has 0 aliphatic carbocycles. The van der Waals surface area contributed by atoms with Gasteiger partial charge in [0.25, 0.3) is 10.0 Å². The van der Waals surface area contributed by atoms with Crippen LogP contribution in [0.1, 0.15) is 0 Å². The van der Waals surface area contributed by atoms with Gasteiger partial charge in [0.15, 0.2) is 0 Å². The van der Waals surface area contributed by atoms with Crippen LogP contribution in [0.15, 0.2) is 102 Å². The molecule has 0 unspecified atom stereocenters. The van der Waals surface area contributed by atoms with Crippen LogP contribution in [-0.4, -0.2) is 23.2 Å². The van der Waals surface area contributed by atoms with E-state index in [4.69, 9.17) is 11.6 Å². The molecule has 0 atom stereocenters. The molecular formula is C24H18ClN5O2S. The van der Waals surface area contributed by atoms with Crippen molar-refractivity contribution in [2.24, 2.45) is 0 Å². The summed E-state index contributed by atoms with van der Waals surface area (Å²) < 4.78 is 30.1. The van der Waals surface area contributed by atoms with Gasteiger partial charge in [-0.1, -0.05) is 29.8 Å². The van der Waals surface area contributed by atoms with Crippen LogP contribution in [0.5, 0.6) is 0 Å². The first-order valence-corrected chi connectivity index (χ1v) is 11.9. The number of sulfonamides is 1. The maximum absolute atomic E-state index is 13.0. The van der Waals surface area contributed by atoms with Gasteiger partial charge < -0.3 is 5.32 Å². The Hall–Kier alpha value is -3.88. The van der Waals surface area contributed by atoms with E-state index in [0.29, 0.717) is 10.8 Å². The second-order valence-corrected chi connectivity index (χ2v) is 9.36. The highest BCUT2D eigenvalue weighted by Gasteiger charge is 2.17. The second-order valence-electron chi connectivity index (χ2n) is 7.24. The third-order valence-corrected chi connectivity index (χ3v) is 6.64. The molecule has 0 amide bonds. The Labute approximate surface area is 195 Å². The van der Waals surface area contributed by atoms with E-state index < -0.39 is 10.0 Å². The lowest BCUT2D eigenvalue weighted by molar-refractivity contribution is 0.600. The third kappa shape index (κ3) is 4.39. The number of rotatable bonds is 6. The Morgan fingerprint density at radius 3 is 2.42 bits per heavy atom. The minimum atomic E-state index is -3.81. The van der Waals surface area contributed by atoms with Crippen molar-refractivity contribution in [1.29, 1.82) is 0 Å². The molecule has 0 saturated heterocycles. The highest BCUT2D eigenvalue weighted by molar-refractivity contribution is 7.92. The Morgan fingerprint density at radius 2 is 1.64 bits per heavy atom. The molecule has 0 fully saturated rings. The van der Waals surface area contributed by atoms with E-state index in [1.807, 2.05) is 48.5 Å². The van der Waals surface area contributed by atoms with Crippen molar-refractivity contribution in [3.05, 3.63) is 102 Å². The van der Waals surface area contributed by atoms with E-state index in [0.717, 1.165) is 28.0 Å². The summed E-state index contributed by atoms with van der Waals surface area (Å²) in [5.41, 5.74) is 3.12. The fourth-order valence-electron chi connectivity index (χ4n) is 3.45. The van der Waals surface area contributed by atoms with Gasteiger partial charge in [-0.2, -0.15) is 5.10 Å². The van der Waals surface area contributed by atoms with Gasteiger partial charge in [-0.05, 0) is 60.7 Å². The van der Waals surface area contributed by atoms with Gasteiger partial charge in [0.1, 0.15) is 5.82 Å². The molecule has 164 valence electrons. The summed E-state index contributed by atoms with van der Waals surface area (Å²) in [5, 5.41) is 9.01. The second kappa shape index (κ2) is 8.57. The number of nitrogens with zero attached hydrogens (tertiary/aromatic N) is 3. The lowest BCUT2D eigenvalue weighted by Gasteiger charge is -2.12. The lowest BCUT2D eigenvalue weighted by Crippen LogP contribution is -2.15. The predicted octanol–water partition coefficient (Wildman–Crippen LogP) is 5.62. The molecule has 0 bridgehead atoms. The first kappa shape index (κ1) is 21.0. The maximum Gasteiger partial charge on any atom is 0.263 e. The number of hydrogen-bond acceptors (Lipinski definition) is 5. The topological polar surface area (TPSA) is 88.9 Å². The minimum Gasteiger partial charge on any atom is -0.355 e. The van der Waals surface area contributed by atoms with Gasteiger partial charge in [0.2, 0.25) is 0 Å². The molecule has 7 nitrogen and oxygen atoms in total. The molecule has 5 rings (SSSR count). The normalized spacial score (nSPS) is 11.4. The SMILES string of the molecule is O=S(=O)(Nc1ccnn1-c1ccccc1)c1ccc(Nc2ccnc3ccc(Cl)cc23)cc1. The number of hydrogen-bond donors (Lipinski definition) is 2. The number of benzene rings is 3. The van der Waals surface area contributed by atoms with Gasteiger partial charge in [-0.15, -0.1) is 0 Å². The smallest absolute Gasteiger partial charge is 0.263 e. The van der Waals surface area contributed by atoms with Gasteiger partial charge in [0.05, 0.1) is 22.3 Å². The average Bonchev–Trinajstić information content (AvgIpc) is 3.28. The lowest BCUT2D eigenvalue weighted by atomic mass is 10.2. The number of aromatic nitrogens is 3. The standard InChI is InChI=1S/C24H18ClN5O2S/c25-17-6-11-22-21(16-17)23(12-14-26-22)28-18-7-9-20(10-8-18)33(31,32)29-24-13-15-27-30(24)19-4-2-1-3-5-19/h1-16,29H,(H,26,28). The molecule has 0 spiro atoms. The first-order valence-electron chi connectivity index (χ1n) is 10.0. The Morgan fingerprint density at radius 1 is 0.848 bits per heavy atom. The van der Waals surface area contributed by atoms with E-state index in [-0.39, 0.29) is 4.90 Å².